The summed E-state index contributed by atoms with van der Waals surface area (Å²) >= 11 is 0. The molecule has 25 heavy (non-hydrogen) atoms. The molecule has 4 heterocycles. The smallest absolute Gasteiger partial charge is 0.306 e. The van der Waals surface area contributed by atoms with E-state index in [0.29, 0.717) is 5.39 Å². The Bertz CT molecular complexity index is 878. The third-order valence-corrected chi connectivity index (χ3v) is 5.06. The summed E-state index contributed by atoms with van der Waals surface area (Å²) in [5.74, 6) is -0.634. The van der Waals surface area contributed by atoms with Gasteiger partial charge in [-0.05, 0) is 11.6 Å². The molecule has 3 fully saturated rings. The van der Waals surface area contributed by atoms with Gasteiger partial charge in [-0.15, -0.1) is 0 Å². The van der Waals surface area contributed by atoms with Crippen molar-refractivity contribution in [1.82, 2.24) is 4.98 Å². The number of nitrogens with zero attached hydrogens (tertiary/aromatic N) is 1. The van der Waals surface area contributed by atoms with Crippen molar-refractivity contribution in [2.24, 2.45) is 0 Å². The molecule has 0 unspecified atom stereocenters. The molecule has 0 amide bonds. The van der Waals surface area contributed by atoms with Crippen molar-refractivity contribution in [2.75, 3.05) is 6.79 Å². The minimum absolute atomic E-state index is 0.000776. The van der Waals surface area contributed by atoms with Gasteiger partial charge in [0.15, 0.2) is 25.3 Å². The number of hydrogen-bond donors (Lipinski definition) is 1. The number of aromatic nitrogens is 1. The minimum Gasteiger partial charge on any atom is -0.457 e. The highest BCUT2D eigenvalue weighted by atomic mass is 16.8. The fraction of sp³-hybridized carbons (Fsp3) is 0.438. The fourth-order valence-electron chi connectivity index (χ4n) is 3.93. The van der Waals surface area contributed by atoms with Crippen LogP contribution in [-0.4, -0.2) is 47.3 Å². The van der Waals surface area contributed by atoms with Gasteiger partial charge in [-0.25, -0.2) is 0 Å². The average Bonchev–Trinajstić information content (AvgIpc) is 3.27. The van der Waals surface area contributed by atoms with Crippen LogP contribution in [-0.2, 0) is 23.7 Å². The molecule has 130 valence electrons. The molecule has 0 bridgehead atoms. The summed E-state index contributed by atoms with van der Waals surface area (Å²) in [5, 5.41) is 11.8. The molecule has 2 aromatic rings. The first-order valence-corrected chi connectivity index (χ1v) is 7.95. The topological polar surface area (TPSA) is 113 Å². The molecule has 3 aliphatic heterocycles. The number of fused-ring (bicyclic) bond motifs is 4. The Hall–Kier alpha value is -2.49. The standard InChI is InChI=1S/C16H14N2O7/c19-12-4-9(13-14(24-12)15-16(25-13)23-6-22-15)10-5-17-11-2-1-7(18(20)21)3-8(10)11/h1-3,5,9,13-17H,4,6H2/t9-,13-,14+,15-,16+/m1/s1. The monoisotopic (exact) mass is 346 g/mol. The van der Waals surface area contributed by atoms with E-state index in [9.17, 15) is 14.9 Å². The van der Waals surface area contributed by atoms with Gasteiger partial charge in [0.05, 0.1) is 11.3 Å². The van der Waals surface area contributed by atoms with Gasteiger partial charge in [-0.2, -0.15) is 0 Å². The number of carbonyl (C=O) groups excluding carboxylic acids is 1. The molecular formula is C16H14N2O7. The lowest BCUT2D eigenvalue weighted by Gasteiger charge is -2.33. The lowest BCUT2D eigenvalue weighted by molar-refractivity contribution is -0.384. The highest BCUT2D eigenvalue weighted by molar-refractivity contribution is 5.87. The Kier molecular flexibility index (Phi) is 3.11. The summed E-state index contributed by atoms with van der Waals surface area (Å²) in [7, 11) is 0. The lowest BCUT2D eigenvalue weighted by Crippen LogP contribution is -2.44. The Morgan fingerprint density at radius 3 is 2.92 bits per heavy atom. The molecular weight excluding hydrogens is 332 g/mol. The van der Waals surface area contributed by atoms with Crippen molar-refractivity contribution < 1.29 is 28.7 Å². The van der Waals surface area contributed by atoms with Crippen LogP contribution in [0.2, 0.25) is 0 Å². The number of rotatable bonds is 2. The average molecular weight is 346 g/mol. The maximum atomic E-state index is 12.1. The number of nitrogens with one attached hydrogen (secondary N) is 1. The van der Waals surface area contributed by atoms with E-state index in [1.54, 1.807) is 12.3 Å². The second-order valence-corrected chi connectivity index (χ2v) is 6.38. The molecule has 9 heteroatoms. The van der Waals surface area contributed by atoms with E-state index in [0.717, 1.165) is 11.1 Å². The third-order valence-electron chi connectivity index (χ3n) is 5.06. The first kappa shape index (κ1) is 14.8. The van der Waals surface area contributed by atoms with Gasteiger partial charge in [0.25, 0.3) is 5.69 Å². The molecule has 3 saturated heterocycles. The molecule has 0 saturated carbocycles. The molecule has 5 atom stereocenters. The van der Waals surface area contributed by atoms with Crippen LogP contribution in [0.25, 0.3) is 10.9 Å². The van der Waals surface area contributed by atoms with Crippen molar-refractivity contribution in [2.45, 2.75) is 36.9 Å². The van der Waals surface area contributed by atoms with Crippen LogP contribution in [0, 0.1) is 10.1 Å². The molecule has 5 rings (SSSR count). The first-order chi connectivity index (χ1) is 12.1. The van der Waals surface area contributed by atoms with Gasteiger partial charge >= 0.3 is 5.97 Å². The van der Waals surface area contributed by atoms with Crippen LogP contribution in [0.5, 0.6) is 0 Å². The van der Waals surface area contributed by atoms with Gasteiger partial charge in [0.2, 0.25) is 0 Å². The zero-order valence-electron chi connectivity index (χ0n) is 12.9. The van der Waals surface area contributed by atoms with Crippen molar-refractivity contribution >= 4 is 22.6 Å². The molecule has 1 aromatic heterocycles. The number of aromatic amines is 1. The van der Waals surface area contributed by atoms with Crippen molar-refractivity contribution in [3.63, 3.8) is 0 Å². The molecule has 0 aliphatic carbocycles. The van der Waals surface area contributed by atoms with Gasteiger partial charge in [0.1, 0.15) is 6.10 Å². The van der Waals surface area contributed by atoms with Gasteiger partial charge in [-0.3, -0.25) is 14.9 Å². The molecule has 9 nitrogen and oxygen atoms in total. The summed E-state index contributed by atoms with van der Waals surface area (Å²) in [6.45, 7) is 0.111. The number of H-pyrrole nitrogens is 1. The minimum atomic E-state index is -0.553. The van der Waals surface area contributed by atoms with E-state index in [1.807, 2.05) is 0 Å². The van der Waals surface area contributed by atoms with Crippen LogP contribution >= 0.6 is 0 Å². The zero-order chi connectivity index (χ0) is 17.1. The predicted octanol–water partition coefficient (Wildman–Crippen LogP) is 1.57. The molecule has 0 spiro atoms. The largest absolute Gasteiger partial charge is 0.457 e. The highest BCUT2D eigenvalue weighted by Crippen LogP contribution is 2.44. The molecule has 1 N–H and O–H groups in total. The Balaban J connectivity index is 1.57. The summed E-state index contributed by atoms with van der Waals surface area (Å²) < 4.78 is 22.2. The van der Waals surface area contributed by atoms with E-state index in [4.69, 9.17) is 18.9 Å². The zero-order valence-corrected chi connectivity index (χ0v) is 12.9. The van der Waals surface area contributed by atoms with Crippen molar-refractivity contribution in [1.29, 1.82) is 0 Å². The molecule has 3 aliphatic rings. The lowest BCUT2D eigenvalue weighted by atomic mass is 9.85. The van der Waals surface area contributed by atoms with E-state index < -0.39 is 29.5 Å². The maximum Gasteiger partial charge on any atom is 0.306 e. The van der Waals surface area contributed by atoms with Crippen LogP contribution in [0.3, 0.4) is 0 Å². The Morgan fingerprint density at radius 2 is 2.08 bits per heavy atom. The van der Waals surface area contributed by atoms with Crippen molar-refractivity contribution in [3.05, 3.63) is 40.1 Å². The number of ether oxygens (including phenoxy) is 4. The molecule has 1 aromatic carbocycles. The predicted molar refractivity (Wildman–Crippen MR) is 81.7 cm³/mol. The van der Waals surface area contributed by atoms with E-state index in [-0.39, 0.29) is 30.8 Å². The van der Waals surface area contributed by atoms with Gasteiger partial charge < -0.3 is 23.9 Å². The second kappa shape index (κ2) is 5.25. The maximum absolute atomic E-state index is 12.1. The number of nitro groups is 1. The number of benzene rings is 1. The fourth-order valence-corrected chi connectivity index (χ4v) is 3.93. The SMILES string of the molecule is O=C1C[C@H](c2c[nH]c3ccc([N+](=O)[O-])cc23)[C@H]2O[C@@H]3OCO[C@@H]3[C@H]2O1. The van der Waals surface area contributed by atoms with Crippen LogP contribution < -0.4 is 0 Å². The number of carbonyl (C=O) groups is 1. The number of esters is 1. The van der Waals surface area contributed by atoms with Crippen LogP contribution in [0.15, 0.2) is 24.4 Å². The van der Waals surface area contributed by atoms with Crippen LogP contribution in [0.1, 0.15) is 17.9 Å². The van der Waals surface area contributed by atoms with Crippen molar-refractivity contribution in [3.8, 4) is 0 Å². The third kappa shape index (κ3) is 2.16. The number of nitro benzene ring substituents is 1. The first-order valence-electron chi connectivity index (χ1n) is 7.95. The highest BCUT2D eigenvalue weighted by Gasteiger charge is 2.57. The summed E-state index contributed by atoms with van der Waals surface area (Å²) in [5.41, 5.74) is 1.56. The Labute approximate surface area is 140 Å². The van der Waals surface area contributed by atoms with E-state index >= 15 is 0 Å². The number of non-ortho nitro benzene ring substituents is 1. The number of hydrogen-bond acceptors (Lipinski definition) is 7. The second-order valence-electron chi connectivity index (χ2n) is 6.38. The summed E-state index contributed by atoms with van der Waals surface area (Å²) in [4.78, 5) is 25.9. The quantitative estimate of drug-likeness (QED) is 0.499. The van der Waals surface area contributed by atoms with Gasteiger partial charge in [-0.1, -0.05) is 0 Å². The van der Waals surface area contributed by atoms with Crippen LogP contribution in [0.4, 0.5) is 5.69 Å². The van der Waals surface area contributed by atoms with E-state index in [1.165, 1.54) is 12.1 Å². The van der Waals surface area contributed by atoms with E-state index in [2.05, 4.69) is 4.98 Å². The summed E-state index contributed by atoms with van der Waals surface area (Å²) in [6, 6.07) is 4.61. The Morgan fingerprint density at radius 1 is 1.20 bits per heavy atom. The molecule has 0 radical (unpaired) electrons. The normalized spacial score (nSPS) is 33.9. The summed E-state index contributed by atoms with van der Waals surface area (Å²) in [6.07, 6.45) is -0.0302. The van der Waals surface area contributed by atoms with Gasteiger partial charge in [0, 0.05) is 35.2 Å².